The van der Waals surface area contributed by atoms with Crippen LogP contribution in [0.25, 0.3) is 0 Å². The standard InChI is InChI=1S/C24H31F3N2O5S/c1-16(13-17-7-9-18(10-8-17)33-12-6-4-3-5-11-30)29-14-20(34-21(29)22(31)32-2)19-15-35-23(28-19)24(25,26)27/h7-10,15-16,20-21,30H,3-6,11-14H2,1-2H3. The summed E-state index contributed by atoms with van der Waals surface area (Å²) >= 11 is 0.510. The predicted octanol–water partition coefficient (Wildman–Crippen LogP) is 4.60. The molecule has 35 heavy (non-hydrogen) atoms. The lowest BCUT2D eigenvalue weighted by atomic mass is 10.1. The number of aliphatic hydroxyl groups is 1. The van der Waals surface area contributed by atoms with Crippen LogP contribution in [0, 0.1) is 0 Å². The van der Waals surface area contributed by atoms with Crippen molar-refractivity contribution in [3.05, 3.63) is 45.9 Å². The van der Waals surface area contributed by atoms with Crippen LogP contribution in [0.5, 0.6) is 5.75 Å². The number of unbranched alkanes of at least 4 members (excludes halogenated alkanes) is 3. The third-order valence-corrected chi connectivity index (χ3v) is 6.72. The Morgan fingerprint density at radius 3 is 2.60 bits per heavy atom. The number of alkyl halides is 3. The predicted molar refractivity (Wildman–Crippen MR) is 124 cm³/mol. The number of ether oxygens (including phenoxy) is 3. The van der Waals surface area contributed by atoms with Crippen molar-refractivity contribution >= 4 is 17.3 Å². The van der Waals surface area contributed by atoms with Crippen molar-refractivity contribution < 1.29 is 37.3 Å². The molecule has 1 aromatic carbocycles. The minimum absolute atomic E-state index is 0.150. The second-order valence-electron chi connectivity index (χ2n) is 8.46. The molecule has 2 heterocycles. The molecule has 1 aliphatic heterocycles. The molecule has 0 aliphatic carbocycles. The number of carbonyl (C=O) groups excluding carboxylic acids is 1. The third-order valence-electron chi connectivity index (χ3n) is 5.81. The molecule has 0 saturated carbocycles. The quantitative estimate of drug-likeness (QED) is 0.326. The van der Waals surface area contributed by atoms with E-state index in [0.717, 1.165) is 37.0 Å². The number of thiazole rings is 1. The second kappa shape index (κ2) is 12.7. The number of aliphatic hydroxyl groups excluding tert-OH is 1. The average molecular weight is 517 g/mol. The molecular formula is C24H31F3N2O5S. The Kier molecular flexibility index (Phi) is 9.90. The van der Waals surface area contributed by atoms with Crippen molar-refractivity contribution in [3.63, 3.8) is 0 Å². The van der Waals surface area contributed by atoms with Crippen molar-refractivity contribution in [2.75, 3.05) is 26.9 Å². The molecule has 1 aliphatic rings. The fraction of sp³-hybridized carbons (Fsp3) is 0.583. The van der Waals surface area contributed by atoms with Crippen molar-refractivity contribution in [1.29, 1.82) is 0 Å². The van der Waals surface area contributed by atoms with Crippen LogP contribution in [0.3, 0.4) is 0 Å². The van der Waals surface area contributed by atoms with Gasteiger partial charge in [-0.15, -0.1) is 11.3 Å². The Morgan fingerprint density at radius 2 is 1.97 bits per heavy atom. The van der Waals surface area contributed by atoms with Crippen LogP contribution in [-0.4, -0.2) is 60.1 Å². The van der Waals surface area contributed by atoms with Gasteiger partial charge < -0.3 is 19.3 Å². The second-order valence-corrected chi connectivity index (χ2v) is 9.31. The maximum absolute atomic E-state index is 13.0. The van der Waals surface area contributed by atoms with Gasteiger partial charge in [0.2, 0.25) is 6.23 Å². The van der Waals surface area contributed by atoms with Crippen molar-refractivity contribution in [2.24, 2.45) is 0 Å². The number of benzene rings is 1. The Morgan fingerprint density at radius 1 is 1.26 bits per heavy atom. The molecule has 194 valence electrons. The first-order valence-corrected chi connectivity index (χ1v) is 12.4. The van der Waals surface area contributed by atoms with Gasteiger partial charge in [-0.25, -0.2) is 9.78 Å². The van der Waals surface area contributed by atoms with Crippen LogP contribution in [0.1, 0.15) is 55.0 Å². The number of esters is 1. The molecule has 0 spiro atoms. The zero-order valence-corrected chi connectivity index (χ0v) is 20.6. The number of halogens is 3. The van der Waals surface area contributed by atoms with E-state index in [1.807, 2.05) is 31.2 Å². The zero-order chi connectivity index (χ0) is 25.4. The van der Waals surface area contributed by atoms with Gasteiger partial charge in [0.15, 0.2) is 5.01 Å². The molecule has 3 atom stereocenters. The molecular weight excluding hydrogens is 485 g/mol. The van der Waals surface area contributed by atoms with E-state index in [1.165, 1.54) is 12.5 Å². The summed E-state index contributed by atoms with van der Waals surface area (Å²) in [5, 5.41) is 9.18. The van der Waals surface area contributed by atoms with Crippen LogP contribution in [0.15, 0.2) is 29.6 Å². The first-order valence-electron chi connectivity index (χ1n) is 11.6. The Hall–Kier alpha value is -2.21. The number of aromatic nitrogens is 1. The summed E-state index contributed by atoms with van der Waals surface area (Å²) in [7, 11) is 1.25. The van der Waals surface area contributed by atoms with Crippen LogP contribution in [0.4, 0.5) is 13.2 Å². The lowest BCUT2D eigenvalue weighted by molar-refractivity contribution is -0.162. The normalized spacial score (nSPS) is 19.6. The highest BCUT2D eigenvalue weighted by Gasteiger charge is 2.43. The van der Waals surface area contributed by atoms with Gasteiger partial charge in [-0.1, -0.05) is 18.6 Å². The molecule has 0 radical (unpaired) electrons. The number of methoxy groups -OCH3 is 1. The van der Waals surface area contributed by atoms with Gasteiger partial charge in [-0.05, 0) is 50.3 Å². The SMILES string of the molecule is COC(=O)C1OC(c2csc(C(F)(F)F)n2)CN1C(C)Cc1ccc(OCCCCCCO)cc1. The van der Waals surface area contributed by atoms with Gasteiger partial charge in [-0.3, -0.25) is 4.90 Å². The number of nitrogens with zero attached hydrogens (tertiary/aromatic N) is 2. The van der Waals surface area contributed by atoms with E-state index in [-0.39, 0.29) is 24.9 Å². The zero-order valence-electron chi connectivity index (χ0n) is 19.8. The van der Waals surface area contributed by atoms with Crippen molar-refractivity contribution in [3.8, 4) is 5.75 Å². The minimum Gasteiger partial charge on any atom is -0.494 e. The lowest BCUT2D eigenvalue weighted by Gasteiger charge is -2.27. The summed E-state index contributed by atoms with van der Waals surface area (Å²) in [4.78, 5) is 17.8. The summed E-state index contributed by atoms with van der Waals surface area (Å²) in [5.74, 6) is 0.165. The fourth-order valence-corrected chi connectivity index (χ4v) is 4.66. The van der Waals surface area contributed by atoms with Gasteiger partial charge in [0, 0.05) is 24.6 Å². The van der Waals surface area contributed by atoms with E-state index in [4.69, 9.17) is 19.3 Å². The molecule has 2 aromatic rings. The Balaban J connectivity index is 1.59. The average Bonchev–Trinajstić information content (AvgIpc) is 3.49. The van der Waals surface area contributed by atoms with E-state index < -0.39 is 29.5 Å². The highest BCUT2D eigenvalue weighted by Crippen LogP contribution is 2.37. The molecule has 1 N–H and O–H groups in total. The first kappa shape index (κ1) is 27.4. The lowest BCUT2D eigenvalue weighted by Crippen LogP contribution is -2.44. The van der Waals surface area contributed by atoms with Gasteiger partial charge in [0.25, 0.3) is 0 Å². The van der Waals surface area contributed by atoms with Gasteiger partial charge in [0.05, 0.1) is 19.4 Å². The highest BCUT2D eigenvalue weighted by atomic mass is 32.1. The highest BCUT2D eigenvalue weighted by molar-refractivity contribution is 7.09. The summed E-state index contributed by atoms with van der Waals surface area (Å²) in [6.45, 7) is 2.98. The van der Waals surface area contributed by atoms with Crippen LogP contribution in [-0.2, 0) is 26.9 Å². The number of hydrogen-bond donors (Lipinski definition) is 1. The van der Waals surface area contributed by atoms with E-state index in [1.54, 1.807) is 4.90 Å². The molecule has 3 unspecified atom stereocenters. The van der Waals surface area contributed by atoms with E-state index in [0.29, 0.717) is 24.4 Å². The fourth-order valence-electron chi connectivity index (χ4n) is 3.93. The summed E-state index contributed by atoms with van der Waals surface area (Å²) in [6.07, 6.45) is -1.99. The van der Waals surface area contributed by atoms with Gasteiger partial charge in [-0.2, -0.15) is 13.2 Å². The number of carbonyl (C=O) groups is 1. The molecule has 0 bridgehead atoms. The number of rotatable bonds is 12. The maximum atomic E-state index is 13.0. The van der Waals surface area contributed by atoms with E-state index in [9.17, 15) is 18.0 Å². The smallest absolute Gasteiger partial charge is 0.443 e. The Bertz CT molecular complexity index is 938. The molecule has 0 amide bonds. The third kappa shape index (κ3) is 7.63. The summed E-state index contributed by atoms with van der Waals surface area (Å²) < 4.78 is 55.3. The van der Waals surface area contributed by atoms with Gasteiger partial charge in [0.1, 0.15) is 11.9 Å². The summed E-state index contributed by atoms with van der Waals surface area (Å²) in [5.41, 5.74) is 1.18. The van der Waals surface area contributed by atoms with E-state index in [2.05, 4.69) is 4.98 Å². The van der Waals surface area contributed by atoms with Crippen molar-refractivity contribution in [1.82, 2.24) is 9.88 Å². The Labute approximate surface area is 206 Å². The minimum atomic E-state index is -4.52. The topological polar surface area (TPSA) is 81.1 Å². The molecule has 7 nitrogen and oxygen atoms in total. The molecule has 3 rings (SSSR count). The molecule has 1 fully saturated rings. The monoisotopic (exact) mass is 516 g/mol. The first-order chi connectivity index (χ1) is 16.7. The largest absolute Gasteiger partial charge is 0.494 e. The van der Waals surface area contributed by atoms with Crippen LogP contribution >= 0.6 is 11.3 Å². The molecule has 1 aromatic heterocycles. The molecule has 11 heteroatoms. The van der Waals surface area contributed by atoms with Crippen LogP contribution < -0.4 is 4.74 Å². The van der Waals surface area contributed by atoms with Crippen LogP contribution in [0.2, 0.25) is 0 Å². The number of hydrogen-bond acceptors (Lipinski definition) is 8. The maximum Gasteiger partial charge on any atom is 0.443 e. The van der Waals surface area contributed by atoms with Gasteiger partial charge >= 0.3 is 12.1 Å². The van der Waals surface area contributed by atoms with Crippen molar-refractivity contribution in [2.45, 2.75) is 63.6 Å². The van der Waals surface area contributed by atoms with E-state index >= 15 is 0 Å². The molecule has 1 saturated heterocycles. The summed E-state index contributed by atoms with van der Waals surface area (Å²) in [6, 6.07) is 7.54.